The molecule has 0 saturated heterocycles. The van der Waals surface area contributed by atoms with Crippen molar-refractivity contribution in [2.75, 3.05) is 0 Å². The summed E-state index contributed by atoms with van der Waals surface area (Å²) >= 11 is 1.53. The molecule has 6 nitrogen and oxygen atoms in total. The fraction of sp³-hybridized carbons (Fsp3) is 0.375. The second-order valence-corrected chi connectivity index (χ2v) is 7.19. The first-order chi connectivity index (χ1) is 11.6. The van der Waals surface area contributed by atoms with Crippen molar-refractivity contribution in [3.63, 3.8) is 0 Å². The lowest BCUT2D eigenvalue weighted by atomic mass is 10.2. The average Bonchev–Trinajstić information content (AvgIpc) is 3.18. The van der Waals surface area contributed by atoms with Crippen LogP contribution in [0.3, 0.4) is 0 Å². The maximum atomic E-state index is 13.0. The first-order valence-corrected chi connectivity index (χ1v) is 8.65. The number of thioether (sulfide) groups is 1. The van der Waals surface area contributed by atoms with Crippen molar-refractivity contribution in [1.82, 2.24) is 25.0 Å². The summed E-state index contributed by atoms with van der Waals surface area (Å²) in [5.74, 6) is 2.20. The van der Waals surface area contributed by atoms with E-state index in [0.29, 0.717) is 23.3 Å². The van der Waals surface area contributed by atoms with E-state index >= 15 is 0 Å². The molecule has 4 rings (SSSR count). The Hall–Kier alpha value is -2.22. The summed E-state index contributed by atoms with van der Waals surface area (Å²) in [5.41, 5.74) is 0.696. The number of nitrogens with zero attached hydrogens (tertiary/aromatic N) is 5. The lowest BCUT2D eigenvalue weighted by molar-refractivity contribution is 0.508. The third-order valence-corrected chi connectivity index (χ3v) is 5.09. The van der Waals surface area contributed by atoms with Crippen LogP contribution in [0.4, 0.5) is 4.39 Å². The van der Waals surface area contributed by atoms with Gasteiger partial charge in [-0.05, 0) is 44.0 Å². The van der Waals surface area contributed by atoms with E-state index in [1.807, 2.05) is 18.5 Å². The predicted molar refractivity (Wildman–Crippen MR) is 86.9 cm³/mol. The van der Waals surface area contributed by atoms with Crippen molar-refractivity contribution in [1.29, 1.82) is 0 Å². The molecule has 1 fully saturated rings. The van der Waals surface area contributed by atoms with E-state index in [4.69, 9.17) is 4.42 Å². The third kappa shape index (κ3) is 2.93. The molecule has 24 heavy (non-hydrogen) atoms. The molecule has 2 aromatic heterocycles. The number of aromatic nitrogens is 5. The Morgan fingerprint density at radius 1 is 1.17 bits per heavy atom. The van der Waals surface area contributed by atoms with E-state index in [1.165, 1.54) is 36.7 Å². The van der Waals surface area contributed by atoms with Crippen molar-refractivity contribution >= 4 is 11.8 Å². The van der Waals surface area contributed by atoms with Crippen LogP contribution in [0, 0.1) is 5.82 Å². The Balaban J connectivity index is 1.50. The molecule has 0 aliphatic heterocycles. The first-order valence-electron chi connectivity index (χ1n) is 7.77. The van der Waals surface area contributed by atoms with E-state index in [9.17, 15) is 4.39 Å². The Morgan fingerprint density at radius 3 is 2.62 bits per heavy atom. The number of benzene rings is 1. The SMILES string of the molecule is C[C@H](Sc1nnc(C2CC2)n1C)c1nnc(-c2ccc(F)cc2)o1. The van der Waals surface area contributed by atoms with Gasteiger partial charge in [0, 0.05) is 18.5 Å². The Kier molecular flexibility index (Phi) is 3.84. The molecule has 2 heterocycles. The normalized spacial score (nSPS) is 15.6. The zero-order valence-corrected chi connectivity index (χ0v) is 14.1. The first kappa shape index (κ1) is 15.3. The van der Waals surface area contributed by atoms with Crippen LogP contribution in [-0.4, -0.2) is 25.0 Å². The molecule has 1 aromatic carbocycles. The Labute approximate surface area is 142 Å². The topological polar surface area (TPSA) is 69.6 Å². The number of halogens is 1. The molecule has 1 aliphatic rings. The van der Waals surface area contributed by atoms with Gasteiger partial charge < -0.3 is 8.98 Å². The molecule has 0 unspecified atom stereocenters. The van der Waals surface area contributed by atoms with Crippen LogP contribution in [-0.2, 0) is 7.05 Å². The monoisotopic (exact) mass is 345 g/mol. The molecule has 0 N–H and O–H groups in total. The maximum Gasteiger partial charge on any atom is 0.247 e. The van der Waals surface area contributed by atoms with Crippen LogP contribution in [0.2, 0.25) is 0 Å². The molecule has 8 heteroatoms. The number of hydrogen-bond acceptors (Lipinski definition) is 6. The van der Waals surface area contributed by atoms with Gasteiger partial charge in [-0.1, -0.05) is 11.8 Å². The van der Waals surface area contributed by atoms with E-state index in [0.717, 1.165) is 11.0 Å². The van der Waals surface area contributed by atoms with Crippen molar-refractivity contribution in [2.24, 2.45) is 7.05 Å². The molecule has 0 radical (unpaired) electrons. The van der Waals surface area contributed by atoms with Crippen LogP contribution >= 0.6 is 11.8 Å². The zero-order valence-electron chi connectivity index (χ0n) is 13.3. The lowest BCUT2D eigenvalue weighted by Crippen LogP contribution is -1.98. The van der Waals surface area contributed by atoms with Gasteiger partial charge in [-0.2, -0.15) is 0 Å². The van der Waals surface area contributed by atoms with Gasteiger partial charge >= 0.3 is 0 Å². The quantitative estimate of drug-likeness (QED) is 0.656. The average molecular weight is 345 g/mol. The molecule has 124 valence electrons. The molecular weight excluding hydrogens is 329 g/mol. The van der Waals surface area contributed by atoms with Crippen LogP contribution in [0.25, 0.3) is 11.5 Å². The summed E-state index contributed by atoms with van der Waals surface area (Å²) in [5, 5.41) is 17.5. The highest BCUT2D eigenvalue weighted by Crippen LogP contribution is 2.41. The van der Waals surface area contributed by atoms with E-state index in [-0.39, 0.29) is 11.1 Å². The van der Waals surface area contributed by atoms with Crippen LogP contribution in [0.15, 0.2) is 33.8 Å². The van der Waals surface area contributed by atoms with Gasteiger partial charge in [0.25, 0.3) is 0 Å². The van der Waals surface area contributed by atoms with Gasteiger partial charge in [-0.25, -0.2) is 4.39 Å². The zero-order chi connectivity index (χ0) is 16.7. The predicted octanol–water partition coefficient (Wildman–Crippen LogP) is 3.73. The van der Waals surface area contributed by atoms with Gasteiger partial charge in [0.05, 0.1) is 5.25 Å². The Morgan fingerprint density at radius 2 is 1.92 bits per heavy atom. The summed E-state index contributed by atoms with van der Waals surface area (Å²) in [6.07, 6.45) is 2.38. The number of hydrogen-bond donors (Lipinski definition) is 0. The molecule has 0 bridgehead atoms. The van der Waals surface area contributed by atoms with E-state index in [1.54, 1.807) is 12.1 Å². The highest BCUT2D eigenvalue weighted by molar-refractivity contribution is 7.99. The molecule has 1 aliphatic carbocycles. The molecule has 0 amide bonds. The third-order valence-electron chi connectivity index (χ3n) is 3.97. The maximum absolute atomic E-state index is 13.0. The minimum absolute atomic E-state index is 0.0540. The van der Waals surface area contributed by atoms with Crippen LogP contribution < -0.4 is 0 Å². The minimum Gasteiger partial charge on any atom is -0.419 e. The van der Waals surface area contributed by atoms with Crippen LogP contribution in [0.1, 0.15) is 42.6 Å². The summed E-state index contributed by atoms with van der Waals surface area (Å²) in [4.78, 5) is 0. The fourth-order valence-corrected chi connectivity index (χ4v) is 3.29. The smallest absolute Gasteiger partial charge is 0.247 e. The number of rotatable bonds is 5. The Bertz CT molecular complexity index is 856. The molecule has 1 atom stereocenters. The molecule has 1 saturated carbocycles. The summed E-state index contributed by atoms with van der Waals surface area (Å²) < 4.78 is 20.8. The minimum atomic E-state index is -0.295. The molecule has 0 spiro atoms. The largest absolute Gasteiger partial charge is 0.419 e. The second kappa shape index (κ2) is 6.01. The lowest BCUT2D eigenvalue weighted by Gasteiger charge is -2.06. The summed E-state index contributed by atoms with van der Waals surface area (Å²) in [7, 11) is 1.99. The molecular formula is C16H16FN5OS. The standard InChI is InChI=1S/C16H16FN5OS/c1-9(24-16-21-18-13(22(16)2)10-3-4-10)14-19-20-15(23-14)11-5-7-12(17)8-6-11/h5-10H,3-4H2,1-2H3/t9-/m0/s1. The van der Waals surface area contributed by atoms with Crippen molar-refractivity contribution in [3.8, 4) is 11.5 Å². The van der Waals surface area contributed by atoms with Crippen LogP contribution in [0.5, 0.6) is 0 Å². The summed E-state index contributed by atoms with van der Waals surface area (Å²) in [6, 6.07) is 5.98. The molecule has 3 aromatic rings. The van der Waals surface area contributed by atoms with Gasteiger partial charge in [0.1, 0.15) is 11.6 Å². The van der Waals surface area contributed by atoms with Gasteiger partial charge in [-0.15, -0.1) is 20.4 Å². The van der Waals surface area contributed by atoms with E-state index < -0.39 is 0 Å². The second-order valence-electron chi connectivity index (χ2n) is 5.89. The highest BCUT2D eigenvalue weighted by Gasteiger charge is 2.30. The van der Waals surface area contributed by atoms with E-state index in [2.05, 4.69) is 20.4 Å². The van der Waals surface area contributed by atoms with Gasteiger partial charge in [0.15, 0.2) is 5.16 Å². The summed E-state index contributed by atoms with van der Waals surface area (Å²) in [6.45, 7) is 1.98. The van der Waals surface area contributed by atoms with Crippen molar-refractivity contribution in [2.45, 2.75) is 36.1 Å². The van der Waals surface area contributed by atoms with Crippen molar-refractivity contribution < 1.29 is 8.81 Å². The fourth-order valence-electron chi connectivity index (χ4n) is 2.44. The highest BCUT2D eigenvalue weighted by atomic mass is 32.2. The van der Waals surface area contributed by atoms with Gasteiger partial charge in [0.2, 0.25) is 11.8 Å². The van der Waals surface area contributed by atoms with Gasteiger partial charge in [-0.3, -0.25) is 0 Å². The van der Waals surface area contributed by atoms with Crippen molar-refractivity contribution in [3.05, 3.63) is 41.8 Å².